The van der Waals surface area contributed by atoms with Crippen LogP contribution in [0.25, 0.3) is 0 Å². The molecule has 2 unspecified atom stereocenters. The van der Waals surface area contributed by atoms with Gasteiger partial charge in [0.15, 0.2) is 5.71 Å². The van der Waals surface area contributed by atoms with Gasteiger partial charge in [-0.1, -0.05) is 6.08 Å². The SMILES string of the molecule is COCCOCCN1/C(=C/C=C/C2=[N+](CCCCCC(=O)O)c3ccc(S(=O)(=O)O)cc3C2(C)CCCS(=O)(=O)O)C(C)(CCCS(=O)(=O)O)c2cc(S(=O)(=O)O)ccc21. The van der Waals surface area contributed by atoms with Gasteiger partial charge in [-0.05, 0) is 94.3 Å². The largest absolute Gasteiger partial charge is 0.481 e. The quantitative estimate of drug-likeness (QED) is 0.0554. The maximum atomic E-state index is 12.3. The Kier molecular flexibility index (Phi) is 16.1. The summed E-state index contributed by atoms with van der Waals surface area (Å²) in [5, 5.41) is 9.16. The summed E-state index contributed by atoms with van der Waals surface area (Å²) in [6.45, 7) is 4.85. The Hall–Kier alpha value is -3.58. The van der Waals surface area contributed by atoms with Crippen molar-refractivity contribution in [3.63, 3.8) is 0 Å². The molecule has 334 valence electrons. The Labute approximate surface area is 351 Å². The van der Waals surface area contributed by atoms with Crippen molar-refractivity contribution < 1.29 is 75.8 Å². The van der Waals surface area contributed by atoms with E-state index in [0.717, 1.165) is 0 Å². The van der Waals surface area contributed by atoms with E-state index in [1.807, 2.05) is 9.48 Å². The molecular formula is C38H53N2O16S4+. The highest BCUT2D eigenvalue weighted by Crippen LogP contribution is 2.51. The molecule has 22 heteroatoms. The number of allylic oxidation sites excluding steroid dienone is 4. The Morgan fingerprint density at radius 1 is 0.750 bits per heavy atom. The van der Waals surface area contributed by atoms with Crippen molar-refractivity contribution in [3.05, 3.63) is 71.5 Å². The molecule has 0 bridgehead atoms. The first-order valence-corrected chi connectivity index (χ1v) is 25.2. The first kappa shape index (κ1) is 49.1. The maximum absolute atomic E-state index is 12.3. The Balaban J connectivity index is 1.93. The molecule has 2 aromatic rings. The molecular weight excluding hydrogens is 869 g/mol. The minimum Gasteiger partial charge on any atom is -0.481 e. The van der Waals surface area contributed by atoms with Gasteiger partial charge < -0.3 is 19.5 Å². The standard InChI is InChI=1S/C38H52N2O16S4/c1-37(17-8-24-57(43,44)45)30-26-28(59(49,50)51)13-15-32(30)39(19-6-4-5-12-36(41)42)34(37)10-7-11-35-38(2,18-9-25-58(46,47)48)31-27-29(60(52,53)54)14-16-33(31)40(35)20-21-56-23-22-55-3/h7,10-11,13-16,26-27H,4-6,8-9,12,17-25H2,1-3H3,(H4-,41,42,43,44,45,46,47,48,49,50,51,52,53,54)/p+1. The molecule has 2 atom stereocenters. The molecule has 0 aromatic heterocycles. The van der Waals surface area contributed by atoms with E-state index in [0.29, 0.717) is 66.3 Å². The smallest absolute Gasteiger partial charge is 0.303 e. The number of aliphatic carboxylic acids is 1. The van der Waals surface area contributed by atoms with Gasteiger partial charge in [0.2, 0.25) is 5.69 Å². The van der Waals surface area contributed by atoms with Gasteiger partial charge in [0.25, 0.3) is 40.5 Å². The van der Waals surface area contributed by atoms with Crippen molar-refractivity contribution in [2.75, 3.05) is 56.4 Å². The number of hydrogen-bond donors (Lipinski definition) is 5. The molecule has 2 aliphatic heterocycles. The van der Waals surface area contributed by atoms with E-state index in [-0.39, 0.29) is 51.9 Å². The van der Waals surface area contributed by atoms with Gasteiger partial charge in [0, 0.05) is 61.0 Å². The molecule has 2 heterocycles. The summed E-state index contributed by atoms with van der Waals surface area (Å²) < 4.78 is 148. The van der Waals surface area contributed by atoms with Crippen LogP contribution in [0.4, 0.5) is 11.4 Å². The molecule has 4 rings (SSSR count). The molecule has 0 fully saturated rings. The molecule has 0 amide bonds. The molecule has 0 aliphatic carbocycles. The average Bonchev–Trinajstić information content (AvgIpc) is 3.49. The lowest BCUT2D eigenvalue weighted by molar-refractivity contribution is -0.438. The molecule has 0 saturated heterocycles. The summed E-state index contributed by atoms with van der Waals surface area (Å²) in [5.41, 5.74) is 0.887. The van der Waals surface area contributed by atoms with Crippen LogP contribution in [0.1, 0.15) is 76.3 Å². The molecule has 2 aliphatic rings. The van der Waals surface area contributed by atoms with Crippen LogP contribution in [0.3, 0.4) is 0 Å². The zero-order valence-electron chi connectivity index (χ0n) is 33.6. The lowest BCUT2D eigenvalue weighted by Gasteiger charge is -2.30. The van der Waals surface area contributed by atoms with Gasteiger partial charge in [-0.25, -0.2) is 0 Å². The van der Waals surface area contributed by atoms with E-state index in [1.54, 1.807) is 32.1 Å². The van der Waals surface area contributed by atoms with Crippen LogP contribution in [-0.4, -0.2) is 125 Å². The van der Waals surface area contributed by atoms with E-state index < -0.39 is 78.6 Å². The second kappa shape index (κ2) is 19.6. The fraction of sp³-hybridized carbons (Fsp3) is 0.526. The third-order valence-corrected chi connectivity index (χ3v) is 14.2. The molecule has 60 heavy (non-hydrogen) atoms. The molecule has 18 nitrogen and oxygen atoms in total. The van der Waals surface area contributed by atoms with Gasteiger partial charge in [0.05, 0.1) is 46.5 Å². The fourth-order valence-electron chi connectivity index (χ4n) is 7.96. The summed E-state index contributed by atoms with van der Waals surface area (Å²) in [4.78, 5) is 12.3. The Morgan fingerprint density at radius 2 is 1.33 bits per heavy atom. The van der Waals surface area contributed by atoms with E-state index in [2.05, 4.69) is 0 Å². The predicted molar refractivity (Wildman–Crippen MR) is 222 cm³/mol. The highest BCUT2D eigenvalue weighted by Gasteiger charge is 2.48. The normalized spacial score (nSPS) is 20.4. The van der Waals surface area contributed by atoms with Crippen LogP contribution < -0.4 is 4.90 Å². The van der Waals surface area contributed by atoms with Crippen LogP contribution in [0.5, 0.6) is 0 Å². The summed E-state index contributed by atoms with van der Waals surface area (Å²) >= 11 is 0. The third-order valence-electron chi connectivity index (χ3n) is 10.8. The second-order valence-corrected chi connectivity index (χ2v) is 21.1. The summed E-state index contributed by atoms with van der Waals surface area (Å²) in [6, 6.07) is 8.14. The number of ether oxygens (including phenoxy) is 2. The number of carbonyl (C=O) groups is 1. The minimum atomic E-state index is -4.68. The van der Waals surface area contributed by atoms with E-state index in [1.165, 1.54) is 43.5 Å². The van der Waals surface area contributed by atoms with Crippen molar-refractivity contribution in [3.8, 4) is 0 Å². The van der Waals surface area contributed by atoms with Crippen molar-refractivity contribution >= 4 is 63.5 Å². The monoisotopic (exact) mass is 921 g/mol. The zero-order chi connectivity index (χ0) is 44.7. The topological polar surface area (TPSA) is 279 Å². The lowest BCUT2D eigenvalue weighted by Crippen LogP contribution is -2.32. The van der Waals surface area contributed by atoms with E-state index >= 15 is 0 Å². The minimum absolute atomic E-state index is 0.0449. The molecule has 2 aromatic carbocycles. The van der Waals surface area contributed by atoms with Gasteiger partial charge in [-0.2, -0.15) is 38.2 Å². The molecule has 0 spiro atoms. The molecule has 0 saturated carbocycles. The maximum Gasteiger partial charge on any atom is 0.303 e. The number of methoxy groups -OCH3 is 1. The average molecular weight is 922 g/mol. The van der Waals surface area contributed by atoms with Crippen molar-refractivity contribution in [1.29, 1.82) is 0 Å². The predicted octanol–water partition coefficient (Wildman–Crippen LogP) is 4.40. The number of carboxylic acids is 1. The second-order valence-electron chi connectivity index (χ2n) is 15.2. The summed E-state index contributed by atoms with van der Waals surface area (Å²) in [7, 11) is -16.6. The number of benzene rings is 2. The number of anilines is 1. The fourth-order valence-corrected chi connectivity index (χ4v) is 9.99. The molecule has 5 N–H and O–H groups in total. The summed E-state index contributed by atoms with van der Waals surface area (Å²) in [6.07, 6.45) is 6.61. The van der Waals surface area contributed by atoms with Crippen molar-refractivity contribution in [2.45, 2.75) is 85.8 Å². The first-order valence-electron chi connectivity index (χ1n) is 19.1. The Morgan fingerprint density at radius 3 is 1.90 bits per heavy atom. The number of carboxylic acid groups (broad SMARTS) is 1. The van der Waals surface area contributed by atoms with Crippen molar-refractivity contribution in [1.82, 2.24) is 0 Å². The summed E-state index contributed by atoms with van der Waals surface area (Å²) in [5.74, 6) is -2.14. The van der Waals surface area contributed by atoms with Crippen LogP contribution in [0.2, 0.25) is 0 Å². The molecule has 0 radical (unpaired) electrons. The van der Waals surface area contributed by atoms with Gasteiger partial charge >= 0.3 is 5.97 Å². The van der Waals surface area contributed by atoms with Crippen LogP contribution in [0.15, 0.2) is 70.1 Å². The van der Waals surface area contributed by atoms with E-state index in [4.69, 9.17) is 14.6 Å². The van der Waals surface area contributed by atoms with Gasteiger partial charge in [-0.15, -0.1) is 0 Å². The highest BCUT2D eigenvalue weighted by atomic mass is 32.2. The zero-order valence-corrected chi connectivity index (χ0v) is 36.8. The van der Waals surface area contributed by atoms with Gasteiger partial charge in [0.1, 0.15) is 6.54 Å². The number of unbranched alkanes of at least 4 members (excludes halogenated alkanes) is 2. The van der Waals surface area contributed by atoms with Crippen LogP contribution in [0, 0.1) is 0 Å². The number of fused-ring (bicyclic) bond motifs is 2. The van der Waals surface area contributed by atoms with E-state index in [9.17, 15) is 56.7 Å². The van der Waals surface area contributed by atoms with Gasteiger partial charge in [-0.3, -0.25) is 23.0 Å². The first-order chi connectivity index (χ1) is 27.8. The van der Waals surface area contributed by atoms with Crippen LogP contribution >= 0.6 is 0 Å². The lowest BCUT2D eigenvalue weighted by atomic mass is 9.75. The van der Waals surface area contributed by atoms with Crippen LogP contribution in [-0.2, 0) is 65.6 Å². The number of nitrogens with zero attached hydrogens (tertiary/aromatic N) is 2. The Bertz CT molecular complexity index is 2470. The highest BCUT2D eigenvalue weighted by molar-refractivity contribution is 7.86. The third kappa shape index (κ3) is 12.5. The number of rotatable bonds is 24. The van der Waals surface area contributed by atoms with Crippen molar-refractivity contribution in [2.24, 2.45) is 0 Å². The number of hydrogen-bond acceptors (Lipinski definition) is 12.